The molecule has 0 radical (unpaired) electrons. The highest BCUT2D eigenvalue weighted by Crippen LogP contribution is 2.52. The molecule has 1 N–H and O–H groups in total. The van der Waals surface area contributed by atoms with Gasteiger partial charge in [-0.15, -0.1) is 0 Å². The Kier molecular flexibility index (Phi) is 2.96. The third-order valence-electron chi connectivity index (χ3n) is 4.90. The molecule has 0 saturated heterocycles. The molecule has 0 spiro atoms. The van der Waals surface area contributed by atoms with Crippen LogP contribution >= 0.6 is 0 Å². The van der Waals surface area contributed by atoms with Crippen LogP contribution in [-0.2, 0) is 6.42 Å². The van der Waals surface area contributed by atoms with Gasteiger partial charge in [0.1, 0.15) is 0 Å². The van der Waals surface area contributed by atoms with E-state index in [0.717, 1.165) is 23.8 Å². The Bertz CT molecular complexity index is 398. The quantitative estimate of drug-likeness (QED) is 0.839. The van der Waals surface area contributed by atoms with E-state index in [2.05, 4.69) is 31.2 Å². The Hall–Kier alpha value is -0.820. The fourth-order valence-electron chi connectivity index (χ4n) is 3.92. The molecule has 2 saturated carbocycles. The van der Waals surface area contributed by atoms with Crippen molar-refractivity contribution in [3.8, 4) is 0 Å². The SMILES string of the molecule is CCc1cccc(C(O)C2CC3CCC2C3)c1. The highest BCUT2D eigenvalue weighted by Gasteiger charge is 2.42. The molecule has 17 heavy (non-hydrogen) atoms. The molecule has 3 rings (SSSR count). The van der Waals surface area contributed by atoms with Crippen LogP contribution in [0.2, 0.25) is 0 Å². The third kappa shape index (κ3) is 2.01. The maximum Gasteiger partial charge on any atom is 0.0821 e. The minimum Gasteiger partial charge on any atom is -0.388 e. The van der Waals surface area contributed by atoms with Gasteiger partial charge in [-0.1, -0.05) is 37.6 Å². The van der Waals surface area contributed by atoms with Gasteiger partial charge in [-0.2, -0.15) is 0 Å². The first-order valence-corrected chi connectivity index (χ1v) is 7.05. The van der Waals surface area contributed by atoms with Crippen LogP contribution < -0.4 is 0 Å². The maximum atomic E-state index is 10.6. The Morgan fingerprint density at radius 2 is 2.18 bits per heavy atom. The summed E-state index contributed by atoms with van der Waals surface area (Å²) in [6, 6.07) is 8.52. The zero-order valence-corrected chi connectivity index (χ0v) is 10.6. The van der Waals surface area contributed by atoms with Gasteiger partial charge in [-0.25, -0.2) is 0 Å². The molecule has 0 amide bonds. The zero-order chi connectivity index (χ0) is 11.8. The number of fused-ring (bicyclic) bond motifs is 2. The molecule has 1 nitrogen and oxygen atoms in total. The predicted molar refractivity (Wildman–Crippen MR) is 69.7 cm³/mol. The van der Waals surface area contributed by atoms with E-state index in [1.807, 2.05) is 0 Å². The van der Waals surface area contributed by atoms with Gasteiger partial charge >= 0.3 is 0 Å². The molecule has 4 atom stereocenters. The molecule has 2 aliphatic rings. The highest BCUT2D eigenvalue weighted by atomic mass is 16.3. The standard InChI is InChI=1S/C16H22O/c1-2-11-4-3-5-14(8-11)16(17)15-10-12-6-7-13(15)9-12/h3-5,8,12-13,15-17H,2,6-7,9-10H2,1H3. The van der Waals surface area contributed by atoms with Crippen molar-refractivity contribution >= 4 is 0 Å². The van der Waals surface area contributed by atoms with Crippen molar-refractivity contribution in [2.24, 2.45) is 17.8 Å². The Labute approximate surface area is 104 Å². The van der Waals surface area contributed by atoms with Gasteiger partial charge in [0.15, 0.2) is 0 Å². The molecule has 1 aromatic rings. The van der Waals surface area contributed by atoms with Crippen molar-refractivity contribution in [2.75, 3.05) is 0 Å². The van der Waals surface area contributed by atoms with E-state index >= 15 is 0 Å². The average Bonchev–Trinajstić information content (AvgIpc) is 3.00. The van der Waals surface area contributed by atoms with Crippen molar-refractivity contribution in [3.05, 3.63) is 35.4 Å². The Balaban J connectivity index is 1.79. The molecular weight excluding hydrogens is 208 g/mol. The smallest absolute Gasteiger partial charge is 0.0821 e. The summed E-state index contributed by atoms with van der Waals surface area (Å²) in [5, 5.41) is 10.6. The normalized spacial score (nSPS) is 32.9. The first-order valence-electron chi connectivity index (χ1n) is 7.05. The fraction of sp³-hybridized carbons (Fsp3) is 0.625. The van der Waals surface area contributed by atoms with Crippen LogP contribution in [0.1, 0.15) is 49.8 Å². The van der Waals surface area contributed by atoms with Gasteiger partial charge in [0, 0.05) is 0 Å². The van der Waals surface area contributed by atoms with Crippen molar-refractivity contribution < 1.29 is 5.11 Å². The lowest BCUT2D eigenvalue weighted by Gasteiger charge is -2.27. The topological polar surface area (TPSA) is 20.2 Å². The zero-order valence-electron chi connectivity index (χ0n) is 10.6. The van der Waals surface area contributed by atoms with Gasteiger partial charge in [-0.3, -0.25) is 0 Å². The molecule has 0 heterocycles. The summed E-state index contributed by atoms with van der Waals surface area (Å²) in [7, 11) is 0. The average molecular weight is 230 g/mol. The van der Waals surface area contributed by atoms with E-state index in [0.29, 0.717) is 5.92 Å². The van der Waals surface area contributed by atoms with E-state index in [1.54, 1.807) is 0 Å². The lowest BCUT2D eigenvalue weighted by molar-refractivity contribution is 0.0744. The summed E-state index contributed by atoms with van der Waals surface area (Å²) in [5.74, 6) is 2.23. The monoisotopic (exact) mass is 230 g/mol. The number of aliphatic hydroxyl groups excluding tert-OH is 1. The van der Waals surface area contributed by atoms with Gasteiger partial charge < -0.3 is 5.11 Å². The lowest BCUT2D eigenvalue weighted by Crippen LogP contribution is -2.19. The summed E-state index contributed by atoms with van der Waals surface area (Å²) in [6.45, 7) is 2.17. The van der Waals surface area contributed by atoms with Crippen LogP contribution in [0.5, 0.6) is 0 Å². The highest BCUT2D eigenvalue weighted by molar-refractivity contribution is 5.26. The van der Waals surface area contributed by atoms with Crippen molar-refractivity contribution in [1.29, 1.82) is 0 Å². The largest absolute Gasteiger partial charge is 0.388 e. The van der Waals surface area contributed by atoms with E-state index in [9.17, 15) is 5.11 Å². The second-order valence-corrected chi connectivity index (χ2v) is 5.88. The molecular formula is C16H22O. The number of hydrogen-bond donors (Lipinski definition) is 1. The maximum absolute atomic E-state index is 10.6. The Morgan fingerprint density at radius 3 is 2.82 bits per heavy atom. The summed E-state index contributed by atoms with van der Waals surface area (Å²) in [6.07, 6.45) is 6.20. The van der Waals surface area contributed by atoms with Crippen LogP contribution in [0.4, 0.5) is 0 Å². The van der Waals surface area contributed by atoms with E-state index in [4.69, 9.17) is 0 Å². The number of aliphatic hydroxyl groups is 1. The molecule has 2 aliphatic carbocycles. The molecule has 92 valence electrons. The molecule has 4 unspecified atom stereocenters. The third-order valence-corrected chi connectivity index (χ3v) is 4.90. The van der Waals surface area contributed by atoms with Crippen molar-refractivity contribution in [1.82, 2.24) is 0 Å². The molecule has 1 aromatic carbocycles. The first-order chi connectivity index (χ1) is 8.28. The molecule has 2 fully saturated rings. The summed E-state index contributed by atoms with van der Waals surface area (Å²) < 4.78 is 0. The number of benzene rings is 1. The first kappa shape index (κ1) is 11.3. The van der Waals surface area contributed by atoms with Crippen molar-refractivity contribution in [3.63, 3.8) is 0 Å². The lowest BCUT2D eigenvalue weighted by atomic mass is 9.82. The van der Waals surface area contributed by atoms with Gasteiger partial charge in [0.2, 0.25) is 0 Å². The van der Waals surface area contributed by atoms with Gasteiger partial charge in [-0.05, 0) is 54.6 Å². The molecule has 1 heteroatoms. The van der Waals surface area contributed by atoms with Gasteiger partial charge in [0.05, 0.1) is 6.10 Å². The van der Waals surface area contributed by atoms with Gasteiger partial charge in [0.25, 0.3) is 0 Å². The Morgan fingerprint density at radius 1 is 1.29 bits per heavy atom. The van der Waals surface area contributed by atoms with Crippen LogP contribution in [0.15, 0.2) is 24.3 Å². The molecule has 0 aliphatic heterocycles. The predicted octanol–water partition coefficient (Wildman–Crippen LogP) is 3.72. The number of rotatable bonds is 3. The van der Waals surface area contributed by atoms with Crippen LogP contribution in [-0.4, -0.2) is 5.11 Å². The summed E-state index contributed by atoms with van der Waals surface area (Å²) in [4.78, 5) is 0. The second kappa shape index (κ2) is 4.45. The van der Waals surface area contributed by atoms with Crippen LogP contribution in [0.25, 0.3) is 0 Å². The number of aryl methyl sites for hydroxylation is 1. The number of hydrogen-bond acceptors (Lipinski definition) is 1. The minimum atomic E-state index is -0.225. The van der Waals surface area contributed by atoms with Crippen molar-refractivity contribution in [2.45, 2.75) is 45.1 Å². The minimum absolute atomic E-state index is 0.225. The second-order valence-electron chi connectivity index (χ2n) is 5.88. The molecule has 2 bridgehead atoms. The van der Waals surface area contributed by atoms with Crippen LogP contribution in [0, 0.1) is 17.8 Å². The molecule has 0 aromatic heterocycles. The fourth-order valence-corrected chi connectivity index (χ4v) is 3.92. The van der Waals surface area contributed by atoms with E-state index in [1.165, 1.54) is 31.2 Å². The summed E-state index contributed by atoms with van der Waals surface area (Å²) in [5.41, 5.74) is 2.48. The van der Waals surface area contributed by atoms with E-state index in [-0.39, 0.29) is 6.10 Å². The van der Waals surface area contributed by atoms with Crippen LogP contribution in [0.3, 0.4) is 0 Å². The summed E-state index contributed by atoms with van der Waals surface area (Å²) >= 11 is 0. The van der Waals surface area contributed by atoms with E-state index < -0.39 is 0 Å².